The summed E-state index contributed by atoms with van der Waals surface area (Å²) in [5, 5.41) is 0. The molecule has 0 atom stereocenters. The normalized spacial score (nSPS) is 15.3. The van der Waals surface area contributed by atoms with E-state index in [1.54, 1.807) is 0 Å². The first-order valence-electron chi connectivity index (χ1n) is 8.06. The number of unbranched alkanes of at least 4 members (excludes halogenated alkanes) is 1. The lowest BCUT2D eigenvalue weighted by atomic mass is 10.1. The Kier molecular flexibility index (Phi) is 5.48. The maximum absolute atomic E-state index is 12.0. The highest BCUT2D eigenvalue weighted by Gasteiger charge is 2.20. The van der Waals surface area contributed by atoms with Crippen molar-refractivity contribution in [3.8, 4) is 0 Å². The molecule has 1 aromatic carbocycles. The first kappa shape index (κ1) is 15.7. The van der Waals surface area contributed by atoms with Gasteiger partial charge in [0.2, 0.25) is 5.91 Å². The zero-order chi connectivity index (χ0) is 15.2. The van der Waals surface area contributed by atoms with Crippen LogP contribution in [0, 0.1) is 0 Å². The second kappa shape index (κ2) is 7.34. The summed E-state index contributed by atoms with van der Waals surface area (Å²) < 4.78 is 0. The number of carbonyl (C=O) groups excluding carboxylic acids is 1. The number of benzene rings is 1. The fraction of sp³-hybridized carbons (Fsp3) is 0.588. The van der Waals surface area contributed by atoms with Gasteiger partial charge in [-0.25, -0.2) is 0 Å². The number of hydrogen-bond acceptors (Lipinski definition) is 3. The summed E-state index contributed by atoms with van der Waals surface area (Å²) in [4.78, 5) is 16.3. The monoisotopic (exact) mass is 289 g/mol. The van der Waals surface area contributed by atoms with Crippen LogP contribution in [0.3, 0.4) is 0 Å². The Labute approximate surface area is 127 Å². The van der Waals surface area contributed by atoms with E-state index < -0.39 is 0 Å². The molecule has 2 N–H and O–H groups in total. The minimum Gasteiger partial charge on any atom is -0.398 e. The van der Waals surface area contributed by atoms with Gasteiger partial charge in [-0.05, 0) is 30.5 Å². The minimum absolute atomic E-state index is 0.303. The van der Waals surface area contributed by atoms with Gasteiger partial charge in [0.1, 0.15) is 0 Å². The molecule has 0 aromatic heterocycles. The molecule has 0 aliphatic carbocycles. The van der Waals surface area contributed by atoms with Gasteiger partial charge in [0.25, 0.3) is 0 Å². The Bertz CT molecular complexity index is 479. The van der Waals surface area contributed by atoms with Crippen molar-refractivity contribution in [3.05, 3.63) is 23.8 Å². The Hall–Kier alpha value is -1.71. The van der Waals surface area contributed by atoms with E-state index in [0.29, 0.717) is 12.3 Å². The molecule has 1 heterocycles. The lowest BCUT2D eigenvalue weighted by Crippen LogP contribution is -2.48. The van der Waals surface area contributed by atoms with Crippen LogP contribution in [-0.4, -0.2) is 37.0 Å². The zero-order valence-electron chi connectivity index (χ0n) is 13.3. The smallest absolute Gasteiger partial charge is 0.222 e. The number of aryl methyl sites for hydroxylation is 1. The van der Waals surface area contributed by atoms with Crippen molar-refractivity contribution >= 4 is 17.3 Å². The molecule has 21 heavy (non-hydrogen) atoms. The van der Waals surface area contributed by atoms with Gasteiger partial charge in [0, 0.05) is 44.0 Å². The molecule has 1 aromatic rings. The topological polar surface area (TPSA) is 49.6 Å². The zero-order valence-corrected chi connectivity index (χ0v) is 13.3. The van der Waals surface area contributed by atoms with Gasteiger partial charge >= 0.3 is 0 Å². The third-order valence-electron chi connectivity index (χ3n) is 4.25. The van der Waals surface area contributed by atoms with E-state index in [0.717, 1.165) is 51.1 Å². The van der Waals surface area contributed by atoms with Gasteiger partial charge in [0.15, 0.2) is 0 Å². The summed E-state index contributed by atoms with van der Waals surface area (Å²) in [5.41, 5.74) is 9.32. The quantitative estimate of drug-likeness (QED) is 0.848. The molecule has 2 rings (SSSR count). The standard InChI is InChI=1S/C17H27N3O/c1-3-5-6-17(21)20-11-9-19(10-12-20)15-8-7-14(4-2)16(18)13-15/h7-8,13H,3-6,9-12,18H2,1-2H3. The Morgan fingerprint density at radius 1 is 1.19 bits per heavy atom. The van der Waals surface area contributed by atoms with Crippen LogP contribution < -0.4 is 10.6 Å². The third-order valence-corrected chi connectivity index (χ3v) is 4.25. The minimum atomic E-state index is 0.303. The molecular formula is C17H27N3O. The van der Waals surface area contributed by atoms with Gasteiger partial charge in [-0.1, -0.05) is 26.3 Å². The molecule has 1 saturated heterocycles. The Morgan fingerprint density at radius 3 is 2.48 bits per heavy atom. The van der Waals surface area contributed by atoms with Crippen molar-refractivity contribution in [1.29, 1.82) is 0 Å². The maximum atomic E-state index is 12.0. The average molecular weight is 289 g/mol. The van der Waals surface area contributed by atoms with E-state index in [9.17, 15) is 4.79 Å². The summed E-state index contributed by atoms with van der Waals surface area (Å²) in [6.45, 7) is 7.66. The first-order chi connectivity index (χ1) is 10.2. The van der Waals surface area contributed by atoms with Crippen molar-refractivity contribution in [1.82, 2.24) is 4.90 Å². The number of anilines is 2. The van der Waals surface area contributed by atoms with Gasteiger partial charge in [0.05, 0.1) is 0 Å². The summed E-state index contributed by atoms with van der Waals surface area (Å²) in [6.07, 6.45) is 3.73. The van der Waals surface area contributed by atoms with Crippen LogP contribution in [0.4, 0.5) is 11.4 Å². The summed E-state index contributed by atoms with van der Waals surface area (Å²) in [6, 6.07) is 6.32. The van der Waals surface area contributed by atoms with Crippen LogP contribution in [0.5, 0.6) is 0 Å². The van der Waals surface area contributed by atoms with E-state index in [2.05, 4.69) is 36.9 Å². The van der Waals surface area contributed by atoms with E-state index >= 15 is 0 Å². The molecule has 0 bridgehead atoms. The van der Waals surface area contributed by atoms with Gasteiger partial charge < -0.3 is 15.5 Å². The molecule has 116 valence electrons. The number of rotatable bonds is 5. The maximum Gasteiger partial charge on any atom is 0.222 e. The Balaban J connectivity index is 1.91. The van der Waals surface area contributed by atoms with Crippen LogP contribution in [0.2, 0.25) is 0 Å². The van der Waals surface area contributed by atoms with Gasteiger partial charge in [-0.3, -0.25) is 4.79 Å². The second-order valence-corrected chi connectivity index (χ2v) is 5.71. The van der Waals surface area contributed by atoms with E-state index in [-0.39, 0.29) is 0 Å². The highest BCUT2D eigenvalue weighted by atomic mass is 16.2. The molecule has 4 nitrogen and oxygen atoms in total. The number of hydrogen-bond donors (Lipinski definition) is 1. The Morgan fingerprint density at radius 2 is 1.90 bits per heavy atom. The molecule has 4 heteroatoms. The predicted octanol–water partition coefficient (Wildman–Crippen LogP) is 2.67. The lowest BCUT2D eigenvalue weighted by Gasteiger charge is -2.36. The molecule has 0 unspecified atom stereocenters. The predicted molar refractivity (Wildman–Crippen MR) is 88.6 cm³/mol. The largest absolute Gasteiger partial charge is 0.398 e. The molecule has 1 amide bonds. The molecule has 0 spiro atoms. The molecule has 0 radical (unpaired) electrons. The first-order valence-corrected chi connectivity index (χ1v) is 8.06. The SMILES string of the molecule is CCCCC(=O)N1CCN(c2ccc(CC)c(N)c2)CC1. The van der Waals surface area contributed by atoms with Crippen LogP contribution in [0.1, 0.15) is 38.7 Å². The third kappa shape index (κ3) is 3.90. The van der Waals surface area contributed by atoms with Crippen LogP contribution in [-0.2, 0) is 11.2 Å². The van der Waals surface area contributed by atoms with Crippen molar-refractivity contribution in [2.24, 2.45) is 0 Å². The number of amides is 1. The summed E-state index contributed by atoms with van der Waals surface area (Å²) in [5.74, 6) is 0.303. The van der Waals surface area contributed by atoms with Crippen LogP contribution >= 0.6 is 0 Å². The van der Waals surface area contributed by atoms with Crippen molar-refractivity contribution in [3.63, 3.8) is 0 Å². The molecule has 0 saturated carbocycles. The van der Waals surface area contributed by atoms with Crippen molar-refractivity contribution in [2.75, 3.05) is 36.8 Å². The number of carbonyl (C=O) groups is 1. The van der Waals surface area contributed by atoms with Crippen molar-refractivity contribution < 1.29 is 4.79 Å². The lowest BCUT2D eigenvalue weighted by molar-refractivity contribution is -0.131. The van der Waals surface area contributed by atoms with E-state index in [4.69, 9.17) is 5.73 Å². The number of nitrogens with zero attached hydrogens (tertiary/aromatic N) is 2. The van der Waals surface area contributed by atoms with Crippen LogP contribution in [0.25, 0.3) is 0 Å². The molecule has 1 aliphatic heterocycles. The molecule has 1 aliphatic rings. The van der Waals surface area contributed by atoms with Gasteiger partial charge in [-0.2, -0.15) is 0 Å². The fourth-order valence-corrected chi connectivity index (χ4v) is 2.80. The highest BCUT2D eigenvalue weighted by Crippen LogP contribution is 2.23. The molecule has 1 fully saturated rings. The number of piperazine rings is 1. The van der Waals surface area contributed by atoms with Gasteiger partial charge in [-0.15, -0.1) is 0 Å². The highest BCUT2D eigenvalue weighted by molar-refractivity contribution is 5.76. The summed E-state index contributed by atoms with van der Waals surface area (Å²) >= 11 is 0. The summed E-state index contributed by atoms with van der Waals surface area (Å²) in [7, 11) is 0. The fourth-order valence-electron chi connectivity index (χ4n) is 2.80. The van der Waals surface area contributed by atoms with Crippen LogP contribution in [0.15, 0.2) is 18.2 Å². The number of nitrogen functional groups attached to an aromatic ring is 1. The number of nitrogens with two attached hydrogens (primary N) is 1. The van der Waals surface area contributed by atoms with Crippen molar-refractivity contribution in [2.45, 2.75) is 39.5 Å². The van der Waals surface area contributed by atoms with E-state index in [1.807, 2.05) is 4.90 Å². The second-order valence-electron chi connectivity index (χ2n) is 5.71. The average Bonchev–Trinajstić information content (AvgIpc) is 2.52. The molecular weight excluding hydrogens is 262 g/mol. The van der Waals surface area contributed by atoms with E-state index in [1.165, 1.54) is 11.3 Å².